The minimum Gasteiger partial charge on any atom is -0.493 e. The molecule has 0 aliphatic heterocycles. The molecule has 0 aromatic heterocycles. The molecule has 8 heteroatoms. The number of hydrogen-bond donors (Lipinski definition) is 0. The molecule has 0 aliphatic carbocycles. The molecular formula is C17H13Cl3O5. The maximum atomic E-state index is 11.9. The fraction of sp³-hybridized carbons (Fsp3) is 0.176. The van der Waals surface area contributed by atoms with E-state index >= 15 is 0 Å². The number of para-hydroxylation sites is 2. The summed E-state index contributed by atoms with van der Waals surface area (Å²) in [5.74, 6) is -0.598. The molecule has 0 saturated carbocycles. The Balaban J connectivity index is 1.91. The SMILES string of the molecule is COc1ccccc1OC(=O)CCC(=O)Oc1c(Cl)cc(Cl)cc1Cl. The van der Waals surface area contributed by atoms with Gasteiger partial charge >= 0.3 is 11.9 Å². The topological polar surface area (TPSA) is 61.8 Å². The molecule has 0 heterocycles. The standard InChI is InChI=1S/C17H13Cl3O5/c1-23-13-4-2-3-5-14(13)24-15(21)6-7-16(22)25-17-11(19)8-10(18)9-12(17)20/h2-5,8-9H,6-7H2,1H3. The molecule has 2 aromatic carbocycles. The molecule has 132 valence electrons. The van der Waals surface area contributed by atoms with Crippen LogP contribution in [0.25, 0.3) is 0 Å². The Bertz CT molecular complexity index is 769. The summed E-state index contributed by atoms with van der Waals surface area (Å²) < 4.78 is 15.3. The van der Waals surface area contributed by atoms with Gasteiger partial charge in [0.25, 0.3) is 0 Å². The third kappa shape index (κ3) is 5.53. The number of carbonyl (C=O) groups excluding carboxylic acids is 2. The molecular weight excluding hydrogens is 391 g/mol. The molecule has 25 heavy (non-hydrogen) atoms. The zero-order valence-electron chi connectivity index (χ0n) is 13.1. The quantitative estimate of drug-likeness (QED) is 0.504. The van der Waals surface area contributed by atoms with E-state index in [4.69, 9.17) is 49.0 Å². The number of ether oxygens (including phenoxy) is 3. The Hall–Kier alpha value is -1.95. The third-order valence-corrected chi connectivity index (χ3v) is 3.78. The van der Waals surface area contributed by atoms with Crippen LogP contribution in [0, 0.1) is 0 Å². The predicted octanol–water partition coefficient (Wildman–Crippen LogP) is 4.95. The highest BCUT2D eigenvalue weighted by molar-refractivity contribution is 6.40. The van der Waals surface area contributed by atoms with Crippen LogP contribution in [-0.2, 0) is 9.59 Å². The lowest BCUT2D eigenvalue weighted by atomic mass is 10.3. The van der Waals surface area contributed by atoms with Gasteiger partial charge in [-0.2, -0.15) is 0 Å². The van der Waals surface area contributed by atoms with Gasteiger partial charge in [-0.25, -0.2) is 0 Å². The lowest BCUT2D eigenvalue weighted by molar-refractivity contribution is -0.140. The van der Waals surface area contributed by atoms with Crippen LogP contribution in [0.3, 0.4) is 0 Å². The molecule has 0 aliphatic rings. The molecule has 0 fully saturated rings. The summed E-state index contributed by atoms with van der Waals surface area (Å²) in [6, 6.07) is 9.47. The second-order valence-electron chi connectivity index (χ2n) is 4.80. The summed E-state index contributed by atoms with van der Waals surface area (Å²) in [6.07, 6.45) is -0.386. The van der Waals surface area contributed by atoms with Gasteiger partial charge in [-0.15, -0.1) is 0 Å². The van der Waals surface area contributed by atoms with Crippen molar-refractivity contribution >= 4 is 46.7 Å². The van der Waals surface area contributed by atoms with E-state index in [9.17, 15) is 9.59 Å². The first-order chi connectivity index (χ1) is 11.9. The first-order valence-electron chi connectivity index (χ1n) is 7.09. The van der Waals surface area contributed by atoms with Gasteiger partial charge in [-0.3, -0.25) is 9.59 Å². The summed E-state index contributed by atoms with van der Waals surface area (Å²) >= 11 is 17.6. The van der Waals surface area contributed by atoms with Crippen LogP contribution in [0.2, 0.25) is 15.1 Å². The van der Waals surface area contributed by atoms with Gasteiger partial charge in [0.15, 0.2) is 17.2 Å². The number of hydrogen-bond acceptors (Lipinski definition) is 5. The van der Waals surface area contributed by atoms with Crippen molar-refractivity contribution in [1.82, 2.24) is 0 Å². The Morgan fingerprint density at radius 2 is 1.40 bits per heavy atom. The van der Waals surface area contributed by atoms with Crippen molar-refractivity contribution in [3.8, 4) is 17.2 Å². The van der Waals surface area contributed by atoms with Crippen molar-refractivity contribution < 1.29 is 23.8 Å². The van der Waals surface area contributed by atoms with E-state index in [1.165, 1.54) is 19.2 Å². The average Bonchev–Trinajstić information content (AvgIpc) is 2.56. The van der Waals surface area contributed by atoms with Crippen molar-refractivity contribution in [1.29, 1.82) is 0 Å². The summed E-state index contributed by atoms with van der Waals surface area (Å²) in [4.78, 5) is 23.7. The molecule has 0 saturated heterocycles. The second-order valence-corrected chi connectivity index (χ2v) is 6.05. The second kappa shape index (κ2) is 8.94. The van der Waals surface area contributed by atoms with Crippen LogP contribution < -0.4 is 14.2 Å². The Kier molecular flexibility index (Phi) is 6.93. The minimum absolute atomic E-state index is 0.00386. The number of esters is 2. The fourth-order valence-electron chi connectivity index (χ4n) is 1.87. The number of benzene rings is 2. The average molecular weight is 404 g/mol. The molecule has 0 N–H and O–H groups in total. The van der Waals surface area contributed by atoms with Gasteiger partial charge in [0, 0.05) is 5.02 Å². The van der Waals surface area contributed by atoms with Crippen molar-refractivity contribution in [2.75, 3.05) is 7.11 Å². The van der Waals surface area contributed by atoms with Crippen LogP contribution in [0.4, 0.5) is 0 Å². The zero-order valence-corrected chi connectivity index (χ0v) is 15.3. The predicted molar refractivity (Wildman–Crippen MR) is 95.0 cm³/mol. The van der Waals surface area contributed by atoms with Crippen LogP contribution in [0.1, 0.15) is 12.8 Å². The van der Waals surface area contributed by atoms with E-state index < -0.39 is 11.9 Å². The monoisotopic (exact) mass is 402 g/mol. The number of carbonyl (C=O) groups is 2. The molecule has 2 rings (SSSR count). The number of halogens is 3. The van der Waals surface area contributed by atoms with Gasteiger partial charge < -0.3 is 14.2 Å². The Labute approximate surface area is 159 Å². The summed E-state index contributed by atoms with van der Waals surface area (Å²) in [6.45, 7) is 0. The van der Waals surface area contributed by atoms with Crippen molar-refractivity contribution in [2.45, 2.75) is 12.8 Å². The normalized spacial score (nSPS) is 10.2. The van der Waals surface area contributed by atoms with Crippen molar-refractivity contribution in [3.05, 3.63) is 51.5 Å². The summed E-state index contributed by atoms with van der Waals surface area (Å²) in [5, 5.41) is 0.514. The lowest BCUT2D eigenvalue weighted by Crippen LogP contribution is -2.14. The van der Waals surface area contributed by atoms with E-state index in [1.807, 2.05) is 0 Å². The first kappa shape index (κ1) is 19.4. The van der Waals surface area contributed by atoms with Gasteiger partial charge in [0.2, 0.25) is 0 Å². The molecule has 0 bridgehead atoms. The minimum atomic E-state index is -0.678. The van der Waals surface area contributed by atoms with E-state index in [2.05, 4.69) is 0 Å². The number of rotatable bonds is 6. The summed E-state index contributed by atoms with van der Waals surface area (Å²) in [5.41, 5.74) is 0. The molecule has 0 unspecified atom stereocenters. The largest absolute Gasteiger partial charge is 0.493 e. The fourth-order valence-corrected chi connectivity index (χ4v) is 2.77. The number of methoxy groups -OCH3 is 1. The summed E-state index contributed by atoms with van der Waals surface area (Å²) in [7, 11) is 1.46. The Morgan fingerprint density at radius 1 is 0.880 bits per heavy atom. The molecule has 0 spiro atoms. The van der Waals surface area contributed by atoms with Gasteiger partial charge in [-0.05, 0) is 24.3 Å². The van der Waals surface area contributed by atoms with E-state index in [0.29, 0.717) is 10.8 Å². The van der Waals surface area contributed by atoms with Crippen LogP contribution in [-0.4, -0.2) is 19.0 Å². The van der Waals surface area contributed by atoms with Crippen LogP contribution >= 0.6 is 34.8 Å². The molecule has 2 aromatic rings. The maximum Gasteiger partial charge on any atom is 0.311 e. The zero-order chi connectivity index (χ0) is 18.4. The molecule has 0 amide bonds. The van der Waals surface area contributed by atoms with Crippen molar-refractivity contribution in [2.24, 2.45) is 0 Å². The molecule has 0 atom stereocenters. The smallest absolute Gasteiger partial charge is 0.311 e. The highest BCUT2D eigenvalue weighted by Crippen LogP contribution is 2.36. The molecule has 0 radical (unpaired) electrons. The van der Waals surface area contributed by atoms with Gasteiger partial charge in [0.05, 0.1) is 30.0 Å². The van der Waals surface area contributed by atoms with E-state index in [1.54, 1.807) is 24.3 Å². The van der Waals surface area contributed by atoms with E-state index in [-0.39, 0.29) is 34.4 Å². The highest BCUT2D eigenvalue weighted by atomic mass is 35.5. The van der Waals surface area contributed by atoms with Crippen LogP contribution in [0.15, 0.2) is 36.4 Å². The maximum absolute atomic E-state index is 11.9. The molecule has 5 nitrogen and oxygen atoms in total. The lowest BCUT2D eigenvalue weighted by Gasteiger charge is -2.10. The van der Waals surface area contributed by atoms with E-state index in [0.717, 1.165) is 0 Å². The van der Waals surface area contributed by atoms with Gasteiger partial charge in [0.1, 0.15) is 0 Å². The first-order valence-corrected chi connectivity index (χ1v) is 8.23. The van der Waals surface area contributed by atoms with Crippen LogP contribution in [0.5, 0.6) is 17.2 Å². The van der Waals surface area contributed by atoms with Gasteiger partial charge in [-0.1, -0.05) is 46.9 Å². The third-order valence-electron chi connectivity index (χ3n) is 3.01. The Morgan fingerprint density at radius 3 is 1.96 bits per heavy atom. The highest BCUT2D eigenvalue weighted by Gasteiger charge is 2.16. The van der Waals surface area contributed by atoms with Crippen molar-refractivity contribution in [3.63, 3.8) is 0 Å².